The van der Waals surface area contributed by atoms with Crippen LogP contribution in [0.15, 0.2) is 36.8 Å². The number of rotatable bonds is 7. The standard InChI is InChI=1S/C20H22N6O/c1-4-6-17-18(23-13-19(25-17)27-14(2)3)11-16-8-10-24-26(16)20-15(12-21)7-5-9-22-20/h5,7-10,13-14H,4,6,11H2,1-3H3. The van der Waals surface area contributed by atoms with Gasteiger partial charge in [0, 0.05) is 18.8 Å². The lowest BCUT2D eigenvalue weighted by Crippen LogP contribution is -2.12. The Morgan fingerprint density at radius 1 is 1.19 bits per heavy atom. The third kappa shape index (κ3) is 4.29. The molecule has 138 valence electrons. The van der Waals surface area contributed by atoms with Gasteiger partial charge in [0.05, 0.1) is 34.9 Å². The molecule has 0 spiro atoms. The second-order valence-electron chi connectivity index (χ2n) is 6.42. The first-order chi connectivity index (χ1) is 13.1. The summed E-state index contributed by atoms with van der Waals surface area (Å²) in [4.78, 5) is 13.5. The summed E-state index contributed by atoms with van der Waals surface area (Å²) in [6.07, 6.45) is 7.40. The zero-order chi connectivity index (χ0) is 19.2. The van der Waals surface area contributed by atoms with Gasteiger partial charge in [-0.2, -0.15) is 10.4 Å². The van der Waals surface area contributed by atoms with E-state index >= 15 is 0 Å². The van der Waals surface area contributed by atoms with Crippen LogP contribution in [0.25, 0.3) is 5.82 Å². The van der Waals surface area contributed by atoms with Crippen molar-refractivity contribution in [3.05, 3.63) is 59.4 Å². The number of nitrogens with zero attached hydrogens (tertiary/aromatic N) is 6. The van der Waals surface area contributed by atoms with Crippen LogP contribution in [0, 0.1) is 11.3 Å². The van der Waals surface area contributed by atoms with Crippen LogP contribution in [-0.2, 0) is 12.8 Å². The molecule has 3 aromatic rings. The Hall–Kier alpha value is -3.27. The summed E-state index contributed by atoms with van der Waals surface area (Å²) in [5.74, 6) is 1.06. The predicted molar refractivity (Wildman–Crippen MR) is 101 cm³/mol. The van der Waals surface area contributed by atoms with Gasteiger partial charge in [0.1, 0.15) is 6.07 Å². The fourth-order valence-corrected chi connectivity index (χ4v) is 2.80. The first-order valence-corrected chi connectivity index (χ1v) is 9.02. The highest BCUT2D eigenvalue weighted by Crippen LogP contribution is 2.19. The second-order valence-corrected chi connectivity index (χ2v) is 6.42. The van der Waals surface area contributed by atoms with Crippen molar-refractivity contribution in [3.63, 3.8) is 0 Å². The lowest BCUT2D eigenvalue weighted by atomic mass is 10.1. The average Bonchev–Trinajstić information content (AvgIpc) is 3.11. The minimum Gasteiger partial charge on any atom is -0.474 e. The van der Waals surface area contributed by atoms with Crippen LogP contribution in [0.1, 0.15) is 49.8 Å². The molecule has 3 aromatic heterocycles. The lowest BCUT2D eigenvalue weighted by Gasteiger charge is -2.13. The summed E-state index contributed by atoms with van der Waals surface area (Å²) in [6, 6.07) is 7.54. The van der Waals surface area contributed by atoms with Crippen molar-refractivity contribution < 1.29 is 4.74 Å². The summed E-state index contributed by atoms with van der Waals surface area (Å²) >= 11 is 0. The molecule has 0 saturated heterocycles. The summed E-state index contributed by atoms with van der Waals surface area (Å²) in [6.45, 7) is 6.04. The van der Waals surface area contributed by atoms with E-state index in [-0.39, 0.29) is 6.10 Å². The van der Waals surface area contributed by atoms with E-state index in [1.165, 1.54) is 0 Å². The molecule has 0 fully saturated rings. The monoisotopic (exact) mass is 362 g/mol. The van der Waals surface area contributed by atoms with Crippen LogP contribution < -0.4 is 4.74 Å². The van der Waals surface area contributed by atoms with Gasteiger partial charge in [-0.25, -0.2) is 14.6 Å². The SMILES string of the molecule is CCCc1nc(OC(C)C)cnc1Cc1ccnn1-c1ncccc1C#N. The summed E-state index contributed by atoms with van der Waals surface area (Å²) < 4.78 is 7.37. The molecule has 0 aromatic carbocycles. The molecule has 0 aliphatic heterocycles. The van der Waals surface area contributed by atoms with E-state index in [4.69, 9.17) is 4.74 Å². The quantitative estimate of drug-likeness (QED) is 0.641. The van der Waals surface area contributed by atoms with Crippen molar-refractivity contribution in [2.75, 3.05) is 0 Å². The Morgan fingerprint density at radius 2 is 2.04 bits per heavy atom. The van der Waals surface area contributed by atoms with Crippen LogP contribution in [-0.4, -0.2) is 30.8 Å². The lowest BCUT2D eigenvalue weighted by molar-refractivity contribution is 0.230. The molecule has 7 heteroatoms. The highest BCUT2D eigenvalue weighted by Gasteiger charge is 2.15. The number of aryl methyl sites for hydroxylation is 1. The number of nitriles is 1. The Morgan fingerprint density at radius 3 is 2.78 bits per heavy atom. The maximum atomic E-state index is 9.35. The fourth-order valence-electron chi connectivity index (χ4n) is 2.80. The van der Waals surface area contributed by atoms with Gasteiger partial charge in [0.2, 0.25) is 5.88 Å². The number of aromatic nitrogens is 5. The maximum Gasteiger partial charge on any atom is 0.232 e. The fraction of sp³-hybridized carbons (Fsp3) is 0.350. The van der Waals surface area contributed by atoms with Gasteiger partial charge < -0.3 is 4.74 Å². The van der Waals surface area contributed by atoms with E-state index < -0.39 is 0 Å². The molecule has 3 rings (SSSR count). The molecule has 0 N–H and O–H groups in total. The topological polar surface area (TPSA) is 89.5 Å². The Balaban J connectivity index is 1.95. The molecule has 0 radical (unpaired) electrons. The van der Waals surface area contributed by atoms with Gasteiger partial charge in [-0.15, -0.1) is 0 Å². The van der Waals surface area contributed by atoms with Gasteiger partial charge in [-0.05, 0) is 38.5 Å². The third-order valence-electron chi connectivity index (χ3n) is 3.93. The molecule has 0 saturated carbocycles. The maximum absolute atomic E-state index is 9.35. The molecule has 0 bridgehead atoms. The minimum absolute atomic E-state index is 0.0506. The van der Waals surface area contributed by atoms with Crippen molar-refractivity contribution >= 4 is 0 Å². The van der Waals surface area contributed by atoms with E-state index in [2.05, 4.69) is 33.0 Å². The van der Waals surface area contributed by atoms with Crippen LogP contribution in [0.4, 0.5) is 0 Å². The van der Waals surface area contributed by atoms with E-state index in [1.807, 2.05) is 19.9 Å². The molecular formula is C20H22N6O. The molecule has 0 amide bonds. The van der Waals surface area contributed by atoms with Gasteiger partial charge in [-0.3, -0.25) is 4.98 Å². The molecule has 7 nitrogen and oxygen atoms in total. The highest BCUT2D eigenvalue weighted by atomic mass is 16.5. The number of pyridine rings is 1. The molecule has 27 heavy (non-hydrogen) atoms. The van der Waals surface area contributed by atoms with Crippen LogP contribution in [0.5, 0.6) is 5.88 Å². The van der Waals surface area contributed by atoms with E-state index in [9.17, 15) is 5.26 Å². The van der Waals surface area contributed by atoms with Crippen molar-refractivity contribution in [2.24, 2.45) is 0 Å². The molecule has 0 aliphatic carbocycles. The average molecular weight is 362 g/mol. The smallest absolute Gasteiger partial charge is 0.232 e. The van der Waals surface area contributed by atoms with Gasteiger partial charge in [0.15, 0.2) is 5.82 Å². The van der Waals surface area contributed by atoms with E-state index in [0.717, 1.165) is 29.9 Å². The zero-order valence-corrected chi connectivity index (χ0v) is 15.8. The summed E-state index contributed by atoms with van der Waals surface area (Å²) in [5, 5.41) is 13.7. The molecule has 0 unspecified atom stereocenters. The zero-order valence-electron chi connectivity index (χ0n) is 15.8. The van der Waals surface area contributed by atoms with Crippen LogP contribution in [0.3, 0.4) is 0 Å². The third-order valence-corrected chi connectivity index (χ3v) is 3.93. The van der Waals surface area contributed by atoms with Gasteiger partial charge in [-0.1, -0.05) is 13.3 Å². The molecular weight excluding hydrogens is 340 g/mol. The number of ether oxygens (including phenoxy) is 1. The van der Waals surface area contributed by atoms with Crippen molar-refractivity contribution in [1.29, 1.82) is 5.26 Å². The molecule has 0 atom stereocenters. The normalized spacial score (nSPS) is 10.8. The predicted octanol–water partition coefficient (Wildman–Crippen LogP) is 3.26. The number of hydrogen-bond acceptors (Lipinski definition) is 6. The van der Waals surface area contributed by atoms with Crippen molar-refractivity contribution in [2.45, 2.75) is 46.1 Å². The van der Waals surface area contributed by atoms with Crippen LogP contribution >= 0.6 is 0 Å². The first kappa shape index (κ1) is 18.5. The summed E-state index contributed by atoms with van der Waals surface area (Å²) in [5.41, 5.74) is 3.17. The Kier molecular flexibility index (Phi) is 5.77. The van der Waals surface area contributed by atoms with Crippen molar-refractivity contribution in [1.82, 2.24) is 24.7 Å². The molecule has 0 aliphatic rings. The van der Waals surface area contributed by atoms with Crippen LogP contribution in [0.2, 0.25) is 0 Å². The second kappa shape index (κ2) is 8.41. The highest BCUT2D eigenvalue weighted by molar-refractivity contribution is 5.43. The van der Waals surface area contributed by atoms with E-state index in [1.54, 1.807) is 35.4 Å². The van der Waals surface area contributed by atoms with Gasteiger partial charge in [0.25, 0.3) is 0 Å². The molecule has 3 heterocycles. The Labute approximate surface area is 158 Å². The largest absolute Gasteiger partial charge is 0.474 e. The first-order valence-electron chi connectivity index (χ1n) is 9.02. The summed E-state index contributed by atoms with van der Waals surface area (Å²) in [7, 11) is 0. The minimum atomic E-state index is 0.0506. The Bertz CT molecular complexity index is 957. The van der Waals surface area contributed by atoms with E-state index in [0.29, 0.717) is 23.7 Å². The van der Waals surface area contributed by atoms with Gasteiger partial charge >= 0.3 is 0 Å². The number of hydrogen-bond donors (Lipinski definition) is 0. The van der Waals surface area contributed by atoms with Crippen molar-refractivity contribution in [3.8, 4) is 17.8 Å².